The van der Waals surface area contributed by atoms with E-state index in [2.05, 4.69) is 21.2 Å². The van der Waals surface area contributed by atoms with Gasteiger partial charge >= 0.3 is 0 Å². The Morgan fingerprint density at radius 1 is 1.24 bits per heavy atom. The molecule has 0 saturated carbocycles. The Labute approximate surface area is 156 Å². The second kappa shape index (κ2) is 7.87. The average molecular weight is 407 g/mol. The van der Waals surface area contributed by atoms with E-state index >= 15 is 0 Å². The normalized spacial score (nSPS) is 13.5. The first-order valence-corrected chi connectivity index (χ1v) is 9.02. The molecule has 0 spiro atoms. The summed E-state index contributed by atoms with van der Waals surface area (Å²) in [5, 5.41) is 4.83. The number of carbonyl (C=O) groups is 2. The molecule has 134 valence electrons. The molecule has 2 rings (SSSR count). The number of primary amides is 1. The standard InChI is InChI=1S/C19H23BrN2O3/c1-4-19(12(2)3,18(21)24)22-16(23)11-25-15-10-9-13-7-5-6-8-14(13)17(15)20/h5-10,12H,4,11H2,1-3H3,(H2,21,24)(H,22,23). The Morgan fingerprint density at radius 3 is 2.52 bits per heavy atom. The molecule has 0 fully saturated rings. The van der Waals surface area contributed by atoms with Crippen LogP contribution >= 0.6 is 15.9 Å². The lowest BCUT2D eigenvalue weighted by atomic mass is 9.83. The minimum absolute atomic E-state index is 0.119. The van der Waals surface area contributed by atoms with Crippen molar-refractivity contribution in [3.8, 4) is 5.75 Å². The molecule has 2 aromatic carbocycles. The van der Waals surface area contributed by atoms with Crippen LogP contribution in [0.2, 0.25) is 0 Å². The minimum Gasteiger partial charge on any atom is -0.483 e. The molecule has 0 aromatic heterocycles. The van der Waals surface area contributed by atoms with E-state index < -0.39 is 11.4 Å². The number of fused-ring (bicyclic) bond motifs is 1. The van der Waals surface area contributed by atoms with Crippen molar-refractivity contribution in [2.24, 2.45) is 11.7 Å². The number of nitrogens with two attached hydrogens (primary N) is 1. The molecule has 3 N–H and O–H groups in total. The van der Waals surface area contributed by atoms with Crippen LogP contribution in [0.5, 0.6) is 5.75 Å². The van der Waals surface area contributed by atoms with Gasteiger partial charge in [-0.15, -0.1) is 0 Å². The highest BCUT2D eigenvalue weighted by Gasteiger charge is 2.39. The highest BCUT2D eigenvalue weighted by molar-refractivity contribution is 9.10. The molecule has 0 heterocycles. The summed E-state index contributed by atoms with van der Waals surface area (Å²) in [6.07, 6.45) is 0.422. The average Bonchev–Trinajstić information content (AvgIpc) is 2.58. The molecule has 2 aromatic rings. The third kappa shape index (κ3) is 3.95. The van der Waals surface area contributed by atoms with E-state index in [0.717, 1.165) is 15.2 Å². The van der Waals surface area contributed by atoms with Crippen LogP contribution in [-0.4, -0.2) is 24.0 Å². The summed E-state index contributed by atoms with van der Waals surface area (Å²) < 4.78 is 6.44. The number of nitrogens with one attached hydrogen (secondary N) is 1. The predicted molar refractivity (Wildman–Crippen MR) is 102 cm³/mol. The van der Waals surface area contributed by atoms with Crippen molar-refractivity contribution < 1.29 is 14.3 Å². The molecule has 0 aliphatic rings. The Bertz CT molecular complexity index is 791. The Hall–Kier alpha value is -2.08. The van der Waals surface area contributed by atoms with E-state index in [1.54, 1.807) is 0 Å². The molecule has 0 bridgehead atoms. The molecular formula is C19H23BrN2O3. The fourth-order valence-electron chi connectivity index (χ4n) is 2.91. The predicted octanol–water partition coefficient (Wildman–Crippen LogP) is 3.39. The summed E-state index contributed by atoms with van der Waals surface area (Å²) in [6, 6.07) is 11.6. The zero-order chi connectivity index (χ0) is 18.6. The first-order chi connectivity index (χ1) is 11.8. The van der Waals surface area contributed by atoms with Crippen LogP contribution in [0.3, 0.4) is 0 Å². The van der Waals surface area contributed by atoms with Crippen molar-refractivity contribution in [1.29, 1.82) is 0 Å². The van der Waals surface area contributed by atoms with E-state index in [4.69, 9.17) is 10.5 Å². The van der Waals surface area contributed by atoms with Gasteiger partial charge in [-0.1, -0.05) is 51.1 Å². The number of hydrogen-bond donors (Lipinski definition) is 2. The number of benzene rings is 2. The van der Waals surface area contributed by atoms with Crippen molar-refractivity contribution in [2.75, 3.05) is 6.61 Å². The van der Waals surface area contributed by atoms with E-state index in [1.165, 1.54) is 0 Å². The molecular weight excluding hydrogens is 384 g/mol. The number of halogens is 1. The Morgan fingerprint density at radius 2 is 1.92 bits per heavy atom. The summed E-state index contributed by atoms with van der Waals surface area (Å²) in [4.78, 5) is 24.2. The first-order valence-electron chi connectivity index (χ1n) is 8.22. The molecule has 2 amide bonds. The third-order valence-electron chi connectivity index (χ3n) is 4.53. The van der Waals surface area contributed by atoms with Gasteiger partial charge in [-0.05, 0) is 45.1 Å². The maximum absolute atomic E-state index is 12.3. The van der Waals surface area contributed by atoms with Gasteiger partial charge in [0.2, 0.25) is 5.91 Å². The second-order valence-corrected chi connectivity index (χ2v) is 7.07. The molecule has 5 nitrogen and oxygen atoms in total. The first kappa shape index (κ1) is 19.2. The van der Waals surface area contributed by atoms with Crippen molar-refractivity contribution in [3.05, 3.63) is 40.9 Å². The topological polar surface area (TPSA) is 81.4 Å². The van der Waals surface area contributed by atoms with Crippen molar-refractivity contribution in [1.82, 2.24) is 5.32 Å². The van der Waals surface area contributed by atoms with E-state index in [0.29, 0.717) is 12.2 Å². The van der Waals surface area contributed by atoms with Crippen molar-refractivity contribution in [3.63, 3.8) is 0 Å². The maximum Gasteiger partial charge on any atom is 0.258 e. The van der Waals surface area contributed by atoms with Gasteiger partial charge in [0.1, 0.15) is 11.3 Å². The smallest absolute Gasteiger partial charge is 0.258 e. The highest BCUT2D eigenvalue weighted by Crippen LogP contribution is 2.33. The van der Waals surface area contributed by atoms with Crippen LogP contribution < -0.4 is 15.8 Å². The molecule has 0 aliphatic carbocycles. The number of ether oxygens (including phenoxy) is 1. The number of amides is 2. The van der Waals surface area contributed by atoms with Crippen molar-refractivity contribution in [2.45, 2.75) is 32.7 Å². The number of hydrogen-bond acceptors (Lipinski definition) is 3. The SMILES string of the molecule is CCC(NC(=O)COc1ccc2ccccc2c1Br)(C(N)=O)C(C)C. The molecule has 6 heteroatoms. The summed E-state index contributed by atoms with van der Waals surface area (Å²) >= 11 is 3.52. The fraction of sp³-hybridized carbons (Fsp3) is 0.368. The highest BCUT2D eigenvalue weighted by atomic mass is 79.9. The lowest BCUT2D eigenvalue weighted by Crippen LogP contribution is -2.61. The van der Waals surface area contributed by atoms with Gasteiger partial charge in [-0.25, -0.2) is 0 Å². The largest absolute Gasteiger partial charge is 0.483 e. The maximum atomic E-state index is 12.3. The van der Waals surface area contributed by atoms with E-state index in [-0.39, 0.29) is 18.4 Å². The zero-order valence-electron chi connectivity index (χ0n) is 14.6. The van der Waals surface area contributed by atoms with Crippen LogP contribution in [0.15, 0.2) is 40.9 Å². The molecule has 1 atom stereocenters. The summed E-state index contributed by atoms with van der Waals surface area (Å²) in [7, 11) is 0. The van der Waals surface area contributed by atoms with Crippen LogP contribution in [0.1, 0.15) is 27.2 Å². The van der Waals surface area contributed by atoms with Crippen LogP contribution in [-0.2, 0) is 9.59 Å². The van der Waals surface area contributed by atoms with Crippen LogP contribution in [0, 0.1) is 5.92 Å². The van der Waals surface area contributed by atoms with Gasteiger partial charge < -0.3 is 15.8 Å². The fourth-order valence-corrected chi connectivity index (χ4v) is 3.52. The van der Waals surface area contributed by atoms with Gasteiger partial charge in [-0.2, -0.15) is 0 Å². The Kier molecular flexibility index (Phi) is 6.06. The summed E-state index contributed by atoms with van der Waals surface area (Å²) in [6.45, 7) is 5.34. The zero-order valence-corrected chi connectivity index (χ0v) is 16.2. The minimum atomic E-state index is -1.07. The third-order valence-corrected chi connectivity index (χ3v) is 5.35. The lowest BCUT2D eigenvalue weighted by molar-refractivity contribution is -0.134. The second-order valence-electron chi connectivity index (χ2n) is 6.28. The van der Waals surface area contributed by atoms with Crippen LogP contribution in [0.4, 0.5) is 0 Å². The summed E-state index contributed by atoms with van der Waals surface area (Å²) in [5.74, 6) is -0.467. The van der Waals surface area contributed by atoms with Gasteiger partial charge in [0, 0.05) is 0 Å². The molecule has 1 unspecified atom stereocenters. The van der Waals surface area contributed by atoms with Gasteiger partial charge in [-0.3, -0.25) is 9.59 Å². The molecule has 0 radical (unpaired) electrons. The lowest BCUT2D eigenvalue weighted by Gasteiger charge is -2.34. The molecule has 0 saturated heterocycles. The monoisotopic (exact) mass is 406 g/mol. The number of rotatable bonds is 7. The van der Waals surface area contributed by atoms with Crippen molar-refractivity contribution >= 4 is 38.5 Å². The van der Waals surface area contributed by atoms with E-state index in [1.807, 2.05) is 57.2 Å². The van der Waals surface area contributed by atoms with Gasteiger partial charge in [0.25, 0.3) is 5.91 Å². The molecule has 25 heavy (non-hydrogen) atoms. The quantitative estimate of drug-likeness (QED) is 0.738. The molecule has 0 aliphatic heterocycles. The van der Waals surface area contributed by atoms with Crippen LogP contribution in [0.25, 0.3) is 10.8 Å². The van der Waals surface area contributed by atoms with Gasteiger partial charge in [0.15, 0.2) is 6.61 Å². The van der Waals surface area contributed by atoms with Gasteiger partial charge in [0.05, 0.1) is 4.47 Å². The Balaban J connectivity index is 2.12. The van der Waals surface area contributed by atoms with E-state index in [9.17, 15) is 9.59 Å². The summed E-state index contributed by atoms with van der Waals surface area (Å²) in [5.41, 5.74) is 4.45. The number of carbonyl (C=O) groups excluding carboxylic acids is 2.